The van der Waals surface area contributed by atoms with E-state index in [-0.39, 0.29) is 0 Å². The fourth-order valence-electron chi connectivity index (χ4n) is 2.15. The summed E-state index contributed by atoms with van der Waals surface area (Å²) in [7, 11) is 0. The molecule has 0 saturated heterocycles. The van der Waals surface area contributed by atoms with E-state index in [1.54, 1.807) is 0 Å². The van der Waals surface area contributed by atoms with Gasteiger partial charge in [-0.05, 0) is 25.0 Å². The molecule has 94 valence electrons. The molecule has 0 atom stereocenters. The summed E-state index contributed by atoms with van der Waals surface area (Å²) in [6.07, 6.45) is 5.15. The Balaban J connectivity index is 1.70. The van der Waals surface area contributed by atoms with Crippen LogP contribution in [-0.2, 0) is 0 Å². The molecule has 1 aliphatic rings. The third kappa shape index (κ3) is 3.96. The summed E-state index contributed by atoms with van der Waals surface area (Å²) in [5, 5.41) is 3.47. The average Bonchev–Trinajstić information content (AvgIpc) is 2.79. The molecule has 0 amide bonds. The minimum atomic E-state index is -0.518. The number of hydrogen-bond acceptors (Lipinski definition) is 2. The lowest BCUT2D eigenvalue weighted by molar-refractivity contribution is 0.544. The van der Waals surface area contributed by atoms with Crippen LogP contribution in [0, 0.1) is 11.6 Å². The maximum atomic E-state index is 13.3. The topological polar surface area (TPSA) is 12.0 Å². The van der Waals surface area contributed by atoms with Crippen LogP contribution in [0.5, 0.6) is 0 Å². The third-order valence-electron chi connectivity index (χ3n) is 3.04. The van der Waals surface area contributed by atoms with E-state index in [4.69, 9.17) is 0 Å². The lowest BCUT2D eigenvalue weighted by atomic mass is 10.2. The predicted molar refractivity (Wildman–Crippen MR) is 67.3 cm³/mol. The summed E-state index contributed by atoms with van der Waals surface area (Å²) in [6.45, 7) is 0.881. The molecule has 4 heteroatoms. The highest BCUT2D eigenvalue weighted by Crippen LogP contribution is 2.22. The Kier molecular flexibility index (Phi) is 4.80. The minimum absolute atomic E-state index is 0.462. The smallest absolute Gasteiger partial charge is 0.139 e. The molecule has 0 aromatic heterocycles. The van der Waals surface area contributed by atoms with E-state index in [0.29, 0.717) is 10.9 Å². The van der Waals surface area contributed by atoms with Gasteiger partial charge in [0.25, 0.3) is 0 Å². The van der Waals surface area contributed by atoms with Gasteiger partial charge < -0.3 is 5.32 Å². The minimum Gasteiger partial charge on any atom is -0.313 e. The first-order chi connectivity index (χ1) is 8.25. The van der Waals surface area contributed by atoms with Gasteiger partial charge in [-0.15, -0.1) is 11.8 Å². The summed E-state index contributed by atoms with van der Waals surface area (Å²) >= 11 is 1.43. The molecule has 0 heterocycles. The zero-order valence-corrected chi connectivity index (χ0v) is 10.5. The van der Waals surface area contributed by atoms with Gasteiger partial charge in [0.15, 0.2) is 0 Å². The highest BCUT2D eigenvalue weighted by atomic mass is 32.2. The van der Waals surface area contributed by atoms with E-state index in [1.165, 1.54) is 49.6 Å². The van der Waals surface area contributed by atoms with Crippen molar-refractivity contribution in [2.24, 2.45) is 0 Å². The number of thioether (sulfide) groups is 1. The predicted octanol–water partition coefficient (Wildman–Crippen LogP) is 3.59. The van der Waals surface area contributed by atoms with E-state index in [1.807, 2.05) is 0 Å². The normalized spacial score (nSPS) is 16.6. The van der Waals surface area contributed by atoms with Crippen LogP contribution in [0.4, 0.5) is 8.78 Å². The SMILES string of the molecule is Fc1ccc(SCCNC2CCCC2)c(F)c1. The van der Waals surface area contributed by atoms with Crippen molar-refractivity contribution in [2.45, 2.75) is 36.6 Å². The molecule has 1 saturated carbocycles. The largest absolute Gasteiger partial charge is 0.313 e. The van der Waals surface area contributed by atoms with Crippen LogP contribution in [-0.4, -0.2) is 18.3 Å². The zero-order chi connectivity index (χ0) is 12.1. The van der Waals surface area contributed by atoms with Crippen LogP contribution in [0.15, 0.2) is 23.1 Å². The van der Waals surface area contributed by atoms with Crippen molar-refractivity contribution < 1.29 is 8.78 Å². The monoisotopic (exact) mass is 257 g/mol. The van der Waals surface area contributed by atoms with Gasteiger partial charge >= 0.3 is 0 Å². The number of nitrogens with one attached hydrogen (secondary N) is 1. The standard InChI is InChI=1S/C13H17F2NS/c14-10-5-6-13(12(15)9-10)17-8-7-16-11-3-1-2-4-11/h5-6,9,11,16H,1-4,7-8H2. The second-order valence-electron chi connectivity index (χ2n) is 4.36. The van der Waals surface area contributed by atoms with Crippen LogP contribution >= 0.6 is 11.8 Å². The van der Waals surface area contributed by atoms with E-state index < -0.39 is 11.6 Å². The Hall–Kier alpha value is -0.610. The Morgan fingerprint density at radius 1 is 1.24 bits per heavy atom. The van der Waals surface area contributed by atoms with Gasteiger partial charge in [0.2, 0.25) is 0 Å². The molecule has 1 aromatic rings. The van der Waals surface area contributed by atoms with Crippen molar-refractivity contribution in [1.82, 2.24) is 5.32 Å². The molecule has 0 unspecified atom stereocenters. The van der Waals surface area contributed by atoms with Gasteiger partial charge in [0.05, 0.1) is 0 Å². The second-order valence-corrected chi connectivity index (χ2v) is 5.50. The Morgan fingerprint density at radius 2 is 2.00 bits per heavy atom. The summed E-state index contributed by atoms with van der Waals surface area (Å²) in [5.74, 6) is -0.161. The highest BCUT2D eigenvalue weighted by Gasteiger charge is 2.13. The maximum absolute atomic E-state index is 13.3. The number of benzene rings is 1. The molecule has 17 heavy (non-hydrogen) atoms. The van der Waals surface area contributed by atoms with Gasteiger partial charge in [-0.1, -0.05) is 12.8 Å². The molecule has 1 N–H and O–H groups in total. The molecule has 1 nitrogen and oxygen atoms in total. The molecule has 0 radical (unpaired) electrons. The first-order valence-electron chi connectivity index (χ1n) is 6.07. The summed E-state index contributed by atoms with van der Waals surface area (Å²) in [5.41, 5.74) is 0. The summed E-state index contributed by atoms with van der Waals surface area (Å²) in [4.78, 5) is 0.527. The fraction of sp³-hybridized carbons (Fsp3) is 0.538. The molecule has 0 aliphatic heterocycles. The van der Waals surface area contributed by atoms with Crippen molar-refractivity contribution in [3.63, 3.8) is 0 Å². The van der Waals surface area contributed by atoms with Crippen LogP contribution in [0.1, 0.15) is 25.7 Å². The number of hydrogen-bond donors (Lipinski definition) is 1. The number of halogens is 2. The van der Waals surface area contributed by atoms with Crippen molar-refractivity contribution in [3.05, 3.63) is 29.8 Å². The summed E-state index contributed by atoms with van der Waals surface area (Å²) < 4.78 is 26.0. The molecule has 1 aromatic carbocycles. The van der Waals surface area contributed by atoms with Crippen molar-refractivity contribution in [2.75, 3.05) is 12.3 Å². The average molecular weight is 257 g/mol. The summed E-state index contributed by atoms with van der Waals surface area (Å²) in [6, 6.07) is 4.39. The molecule has 0 bridgehead atoms. The van der Waals surface area contributed by atoms with Crippen molar-refractivity contribution in [1.29, 1.82) is 0 Å². The molecule has 1 aliphatic carbocycles. The Bertz CT molecular complexity index is 364. The molecular weight excluding hydrogens is 240 g/mol. The van der Waals surface area contributed by atoms with Crippen molar-refractivity contribution >= 4 is 11.8 Å². The second kappa shape index (κ2) is 6.36. The first-order valence-corrected chi connectivity index (χ1v) is 7.05. The van der Waals surface area contributed by atoms with Crippen LogP contribution < -0.4 is 5.32 Å². The molecule has 0 spiro atoms. The zero-order valence-electron chi connectivity index (χ0n) is 9.72. The van der Waals surface area contributed by atoms with E-state index >= 15 is 0 Å². The van der Waals surface area contributed by atoms with Crippen LogP contribution in [0.3, 0.4) is 0 Å². The lowest BCUT2D eigenvalue weighted by Crippen LogP contribution is -2.28. The quantitative estimate of drug-likeness (QED) is 0.639. The van der Waals surface area contributed by atoms with Gasteiger partial charge in [0, 0.05) is 29.3 Å². The van der Waals surface area contributed by atoms with E-state index in [9.17, 15) is 8.78 Å². The molecule has 2 rings (SSSR count). The van der Waals surface area contributed by atoms with Gasteiger partial charge in [-0.3, -0.25) is 0 Å². The van der Waals surface area contributed by atoms with Crippen molar-refractivity contribution in [3.8, 4) is 0 Å². The Labute approximate surface area is 105 Å². The third-order valence-corrected chi connectivity index (χ3v) is 4.09. The van der Waals surface area contributed by atoms with E-state index in [0.717, 1.165) is 18.4 Å². The fourth-order valence-corrected chi connectivity index (χ4v) is 2.95. The lowest BCUT2D eigenvalue weighted by Gasteiger charge is -2.11. The van der Waals surface area contributed by atoms with Crippen LogP contribution in [0.2, 0.25) is 0 Å². The van der Waals surface area contributed by atoms with Gasteiger partial charge in [0.1, 0.15) is 11.6 Å². The molecular formula is C13H17F2NS. The first kappa shape index (κ1) is 12.8. The highest BCUT2D eigenvalue weighted by molar-refractivity contribution is 7.99. The van der Waals surface area contributed by atoms with Gasteiger partial charge in [-0.2, -0.15) is 0 Å². The number of rotatable bonds is 5. The Morgan fingerprint density at radius 3 is 2.71 bits per heavy atom. The molecule has 1 fully saturated rings. The van der Waals surface area contributed by atoms with Crippen LogP contribution in [0.25, 0.3) is 0 Å². The van der Waals surface area contributed by atoms with E-state index in [2.05, 4.69) is 5.32 Å². The van der Waals surface area contributed by atoms with Gasteiger partial charge in [-0.25, -0.2) is 8.78 Å². The maximum Gasteiger partial charge on any atom is 0.139 e.